The van der Waals surface area contributed by atoms with Crippen molar-refractivity contribution in [3.05, 3.63) is 48.3 Å². The highest BCUT2D eigenvalue weighted by atomic mass is 15.3. The van der Waals surface area contributed by atoms with Crippen LogP contribution in [0.4, 0.5) is 0 Å². The molecule has 0 aliphatic rings. The van der Waals surface area contributed by atoms with Crippen LogP contribution in [-0.4, -0.2) is 29.9 Å². The summed E-state index contributed by atoms with van der Waals surface area (Å²) in [5.41, 5.74) is 6.24. The maximum atomic E-state index is 4.74. The van der Waals surface area contributed by atoms with Crippen LogP contribution in [0.3, 0.4) is 0 Å². The maximum Gasteiger partial charge on any atom is 0.200 e. The topological polar surface area (TPSA) is 72.3 Å². The summed E-state index contributed by atoms with van der Waals surface area (Å²) in [5, 5.41) is 11.5. The monoisotopic (exact) mass is 290 g/mol. The van der Waals surface area contributed by atoms with Gasteiger partial charge in [0.2, 0.25) is 0 Å². The number of aromatic nitrogens is 6. The number of aromatic amines is 1. The number of H-pyrrole nitrogens is 1. The molecule has 108 valence electrons. The maximum absolute atomic E-state index is 4.74. The average Bonchev–Trinajstić information content (AvgIpc) is 3.13. The van der Waals surface area contributed by atoms with Gasteiger partial charge in [-0.15, -0.1) is 0 Å². The number of aryl methyl sites for hydroxylation is 2. The van der Waals surface area contributed by atoms with E-state index in [0.29, 0.717) is 5.65 Å². The van der Waals surface area contributed by atoms with Crippen molar-refractivity contribution in [3.8, 4) is 22.6 Å². The van der Waals surface area contributed by atoms with Crippen LogP contribution < -0.4 is 0 Å². The van der Waals surface area contributed by atoms with Gasteiger partial charge < -0.3 is 0 Å². The predicted molar refractivity (Wildman–Crippen MR) is 84.1 cm³/mol. The number of nitrogens with one attached hydrogen (secondary N) is 1. The van der Waals surface area contributed by atoms with Gasteiger partial charge in [0.25, 0.3) is 0 Å². The van der Waals surface area contributed by atoms with Gasteiger partial charge in [0, 0.05) is 18.8 Å². The first kappa shape index (κ1) is 12.7. The molecule has 0 saturated heterocycles. The van der Waals surface area contributed by atoms with Gasteiger partial charge in [-0.05, 0) is 18.6 Å². The minimum Gasteiger partial charge on any atom is -0.273 e. The van der Waals surface area contributed by atoms with Crippen molar-refractivity contribution in [2.24, 2.45) is 7.05 Å². The zero-order valence-electron chi connectivity index (χ0n) is 12.3. The molecule has 1 aromatic carbocycles. The van der Waals surface area contributed by atoms with Crippen molar-refractivity contribution < 1.29 is 0 Å². The van der Waals surface area contributed by atoms with E-state index in [9.17, 15) is 0 Å². The summed E-state index contributed by atoms with van der Waals surface area (Å²) in [6, 6.07) is 10.1. The van der Waals surface area contributed by atoms with Gasteiger partial charge in [-0.3, -0.25) is 9.78 Å². The number of nitrogens with zero attached hydrogens (tertiary/aromatic N) is 5. The van der Waals surface area contributed by atoms with Crippen LogP contribution in [0.2, 0.25) is 0 Å². The molecule has 0 amide bonds. The Hall–Kier alpha value is -3.02. The van der Waals surface area contributed by atoms with Gasteiger partial charge in [-0.2, -0.15) is 10.2 Å². The molecule has 0 radical (unpaired) electrons. The second-order valence-corrected chi connectivity index (χ2v) is 5.18. The van der Waals surface area contributed by atoms with Crippen molar-refractivity contribution in [1.82, 2.24) is 29.9 Å². The quantitative estimate of drug-likeness (QED) is 0.616. The summed E-state index contributed by atoms with van der Waals surface area (Å²) in [4.78, 5) is 9.15. The highest BCUT2D eigenvalue weighted by molar-refractivity contribution is 5.89. The summed E-state index contributed by atoms with van der Waals surface area (Å²) in [6.07, 6.45) is 3.47. The fourth-order valence-corrected chi connectivity index (χ4v) is 2.58. The highest BCUT2D eigenvalue weighted by Crippen LogP contribution is 2.28. The first-order valence-corrected chi connectivity index (χ1v) is 6.99. The normalized spacial score (nSPS) is 11.2. The van der Waals surface area contributed by atoms with Crippen LogP contribution in [-0.2, 0) is 7.05 Å². The molecule has 1 N–H and O–H groups in total. The van der Waals surface area contributed by atoms with Gasteiger partial charge >= 0.3 is 0 Å². The lowest BCUT2D eigenvalue weighted by Gasteiger charge is -2.04. The van der Waals surface area contributed by atoms with E-state index in [-0.39, 0.29) is 0 Å². The Labute approximate surface area is 126 Å². The van der Waals surface area contributed by atoms with Gasteiger partial charge in [0.15, 0.2) is 5.65 Å². The lowest BCUT2D eigenvalue weighted by atomic mass is 10.1. The fraction of sp³-hybridized carbons (Fsp3) is 0.125. The Morgan fingerprint density at radius 2 is 2.00 bits per heavy atom. The van der Waals surface area contributed by atoms with Crippen molar-refractivity contribution >= 4 is 11.2 Å². The number of benzene rings is 1. The summed E-state index contributed by atoms with van der Waals surface area (Å²) >= 11 is 0. The van der Waals surface area contributed by atoms with E-state index in [1.807, 2.05) is 25.2 Å². The van der Waals surface area contributed by atoms with Gasteiger partial charge in [0.05, 0.1) is 17.6 Å². The number of hydrogen-bond donors (Lipinski definition) is 1. The zero-order chi connectivity index (χ0) is 15.1. The van der Waals surface area contributed by atoms with Crippen molar-refractivity contribution in [2.75, 3.05) is 0 Å². The third-order valence-electron chi connectivity index (χ3n) is 3.76. The molecule has 0 unspecified atom stereocenters. The van der Waals surface area contributed by atoms with E-state index in [1.165, 1.54) is 5.56 Å². The Balaban J connectivity index is 1.95. The van der Waals surface area contributed by atoms with Gasteiger partial charge in [-0.1, -0.05) is 24.3 Å². The second-order valence-electron chi connectivity index (χ2n) is 5.18. The summed E-state index contributed by atoms with van der Waals surface area (Å²) in [6.45, 7) is 2.07. The van der Waals surface area contributed by atoms with E-state index in [0.717, 1.165) is 28.2 Å². The van der Waals surface area contributed by atoms with Crippen LogP contribution in [0.1, 0.15) is 5.56 Å². The molecule has 22 heavy (non-hydrogen) atoms. The Kier molecular flexibility index (Phi) is 2.75. The predicted octanol–water partition coefficient (Wildman–Crippen LogP) is 2.73. The van der Waals surface area contributed by atoms with Crippen LogP contribution in [0.15, 0.2) is 42.7 Å². The Morgan fingerprint density at radius 1 is 1.14 bits per heavy atom. The second kappa shape index (κ2) is 4.77. The molecule has 0 fully saturated rings. The molecule has 0 spiro atoms. The summed E-state index contributed by atoms with van der Waals surface area (Å²) in [5.74, 6) is 0. The summed E-state index contributed by atoms with van der Waals surface area (Å²) in [7, 11) is 1.89. The standard InChI is InChI=1S/C16H14N6/c1-10-5-3-4-6-11(10)14-15-16(21-20-14)17-9-12(19-15)13-7-8-18-22(13)2/h3-9H,1-2H3,(H,17,20,21). The molecule has 0 bridgehead atoms. The Bertz CT molecular complexity index is 966. The molecule has 0 aliphatic carbocycles. The molecule has 3 heterocycles. The first-order valence-electron chi connectivity index (χ1n) is 6.99. The van der Waals surface area contributed by atoms with Gasteiger partial charge in [-0.25, -0.2) is 9.97 Å². The van der Waals surface area contributed by atoms with E-state index in [1.54, 1.807) is 17.1 Å². The summed E-state index contributed by atoms with van der Waals surface area (Å²) < 4.78 is 1.78. The van der Waals surface area contributed by atoms with Crippen molar-refractivity contribution in [2.45, 2.75) is 6.92 Å². The van der Waals surface area contributed by atoms with E-state index < -0.39 is 0 Å². The van der Waals surface area contributed by atoms with Crippen molar-refractivity contribution in [1.29, 1.82) is 0 Å². The number of rotatable bonds is 2. The lowest BCUT2D eigenvalue weighted by Crippen LogP contribution is -1.96. The first-order chi connectivity index (χ1) is 10.7. The average molecular weight is 290 g/mol. The van der Waals surface area contributed by atoms with Crippen LogP contribution in [0, 0.1) is 6.92 Å². The SMILES string of the molecule is Cc1ccccc1-c1[nH]nc2ncc(-c3ccnn3C)nc12. The smallest absolute Gasteiger partial charge is 0.200 e. The largest absolute Gasteiger partial charge is 0.273 e. The highest BCUT2D eigenvalue weighted by Gasteiger charge is 2.14. The molecule has 0 saturated carbocycles. The van der Waals surface area contributed by atoms with Gasteiger partial charge in [0.1, 0.15) is 11.2 Å². The molecular weight excluding hydrogens is 276 g/mol. The minimum absolute atomic E-state index is 0.615. The molecule has 0 atom stereocenters. The molecule has 6 heteroatoms. The molecule has 0 aliphatic heterocycles. The zero-order valence-corrected chi connectivity index (χ0v) is 12.3. The Morgan fingerprint density at radius 3 is 2.77 bits per heavy atom. The molecule has 4 aromatic rings. The molecule has 4 rings (SSSR count). The van der Waals surface area contributed by atoms with Crippen molar-refractivity contribution in [3.63, 3.8) is 0 Å². The third kappa shape index (κ3) is 1.88. The molecule has 3 aromatic heterocycles. The van der Waals surface area contributed by atoms with Crippen LogP contribution >= 0.6 is 0 Å². The third-order valence-corrected chi connectivity index (χ3v) is 3.76. The van der Waals surface area contributed by atoms with E-state index in [4.69, 9.17) is 4.98 Å². The molecule has 6 nitrogen and oxygen atoms in total. The lowest BCUT2D eigenvalue weighted by molar-refractivity contribution is 0.773. The fourth-order valence-electron chi connectivity index (χ4n) is 2.58. The minimum atomic E-state index is 0.615. The van der Waals surface area contributed by atoms with Crippen LogP contribution in [0.25, 0.3) is 33.8 Å². The van der Waals surface area contributed by atoms with Crippen LogP contribution in [0.5, 0.6) is 0 Å². The van der Waals surface area contributed by atoms with E-state index >= 15 is 0 Å². The molecular formula is C16H14N6. The number of hydrogen-bond acceptors (Lipinski definition) is 4. The number of fused-ring (bicyclic) bond motifs is 1. The van der Waals surface area contributed by atoms with E-state index in [2.05, 4.69) is 39.3 Å².